The molecule has 2 amide bonds. The minimum atomic E-state index is -0.600. The molecule has 0 bridgehead atoms. The largest absolute Gasteiger partial charge is 0.494 e. The van der Waals surface area contributed by atoms with Crippen LogP contribution in [0.4, 0.5) is 0 Å². The van der Waals surface area contributed by atoms with E-state index in [1.165, 1.54) is 0 Å². The van der Waals surface area contributed by atoms with Crippen molar-refractivity contribution in [3.8, 4) is 5.75 Å². The highest BCUT2D eigenvalue weighted by atomic mass is 35.5. The van der Waals surface area contributed by atoms with Crippen LogP contribution in [0.3, 0.4) is 0 Å². The van der Waals surface area contributed by atoms with Crippen molar-refractivity contribution in [2.75, 3.05) is 13.2 Å². The maximum Gasteiger partial charge on any atom is 0.242 e. The average Bonchev–Trinajstić information content (AvgIpc) is 2.75. The molecule has 0 spiro atoms. The number of nitrogens with one attached hydrogen (secondary N) is 1. The fourth-order valence-corrected chi connectivity index (χ4v) is 3.20. The van der Waals surface area contributed by atoms with Crippen LogP contribution in [0, 0.1) is 0 Å². The van der Waals surface area contributed by atoms with E-state index in [0.29, 0.717) is 35.4 Å². The second-order valence-corrected chi connectivity index (χ2v) is 7.83. The second-order valence-electron chi connectivity index (χ2n) is 6.99. The van der Waals surface area contributed by atoms with Crippen LogP contribution in [0.2, 0.25) is 10.0 Å². The fourth-order valence-electron chi connectivity index (χ4n) is 2.88. The number of amides is 2. The number of ether oxygens (including phenoxy) is 1. The molecule has 30 heavy (non-hydrogen) atoms. The average molecular weight is 451 g/mol. The van der Waals surface area contributed by atoms with Crippen molar-refractivity contribution in [3.63, 3.8) is 0 Å². The van der Waals surface area contributed by atoms with E-state index in [-0.39, 0.29) is 24.8 Å². The van der Waals surface area contributed by atoms with E-state index in [9.17, 15) is 9.59 Å². The molecular weight excluding hydrogens is 423 g/mol. The van der Waals surface area contributed by atoms with Crippen molar-refractivity contribution >= 4 is 35.0 Å². The molecule has 0 heterocycles. The number of benzene rings is 2. The standard InChI is InChI=1S/C23H28Cl2N2O3/c1-3-14-26-23(29)17(2)27(16-18-7-4-5-8-21(18)25)22(28)9-6-15-30-20-12-10-19(24)11-13-20/h4-5,7-8,10-13,17H,3,6,9,14-16H2,1-2H3,(H,26,29). The predicted molar refractivity (Wildman–Crippen MR) is 121 cm³/mol. The Morgan fingerprint density at radius 2 is 1.80 bits per heavy atom. The summed E-state index contributed by atoms with van der Waals surface area (Å²) in [6, 6.07) is 13.8. The van der Waals surface area contributed by atoms with Crippen molar-refractivity contribution in [1.29, 1.82) is 0 Å². The quantitative estimate of drug-likeness (QED) is 0.484. The lowest BCUT2D eigenvalue weighted by molar-refractivity contribution is -0.140. The summed E-state index contributed by atoms with van der Waals surface area (Å²) in [7, 11) is 0. The van der Waals surface area contributed by atoms with Gasteiger partial charge < -0.3 is 15.0 Å². The van der Waals surface area contributed by atoms with Gasteiger partial charge >= 0.3 is 0 Å². The van der Waals surface area contributed by atoms with Gasteiger partial charge in [0.25, 0.3) is 0 Å². The summed E-state index contributed by atoms with van der Waals surface area (Å²) < 4.78 is 5.66. The zero-order chi connectivity index (χ0) is 21.9. The molecule has 0 fully saturated rings. The molecule has 1 N–H and O–H groups in total. The Morgan fingerprint density at radius 1 is 1.10 bits per heavy atom. The van der Waals surface area contributed by atoms with Crippen LogP contribution in [0.5, 0.6) is 5.75 Å². The topological polar surface area (TPSA) is 58.6 Å². The van der Waals surface area contributed by atoms with E-state index in [2.05, 4.69) is 5.32 Å². The molecule has 0 radical (unpaired) electrons. The van der Waals surface area contributed by atoms with Crippen LogP contribution >= 0.6 is 23.2 Å². The van der Waals surface area contributed by atoms with Gasteiger partial charge in [-0.1, -0.05) is 48.3 Å². The Balaban J connectivity index is 1.98. The van der Waals surface area contributed by atoms with E-state index >= 15 is 0 Å². The number of carbonyl (C=O) groups is 2. The van der Waals surface area contributed by atoms with Crippen molar-refractivity contribution in [2.45, 2.75) is 45.7 Å². The monoisotopic (exact) mass is 450 g/mol. The van der Waals surface area contributed by atoms with Gasteiger partial charge in [0.05, 0.1) is 6.61 Å². The van der Waals surface area contributed by atoms with Gasteiger partial charge in [0.2, 0.25) is 11.8 Å². The number of carbonyl (C=O) groups excluding carboxylic acids is 2. The third kappa shape index (κ3) is 7.54. The summed E-state index contributed by atoms with van der Waals surface area (Å²) in [5.74, 6) is 0.413. The number of nitrogens with zero attached hydrogens (tertiary/aromatic N) is 1. The van der Waals surface area contributed by atoms with Gasteiger partial charge in [-0.15, -0.1) is 0 Å². The Hall–Kier alpha value is -2.24. The zero-order valence-corrected chi connectivity index (χ0v) is 18.9. The summed E-state index contributed by atoms with van der Waals surface area (Å²) in [4.78, 5) is 27.0. The molecule has 2 aromatic carbocycles. The third-order valence-electron chi connectivity index (χ3n) is 4.63. The highest BCUT2D eigenvalue weighted by Gasteiger charge is 2.26. The van der Waals surface area contributed by atoms with Gasteiger partial charge in [0, 0.05) is 29.6 Å². The second kappa shape index (κ2) is 12.5. The fraction of sp³-hybridized carbons (Fsp3) is 0.391. The molecule has 1 atom stereocenters. The first-order valence-electron chi connectivity index (χ1n) is 10.1. The molecule has 0 saturated heterocycles. The number of hydrogen-bond acceptors (Lipinski definition) is 3. The maximum atomic E-state index is 13.0. The molecule has 2 rings (SSSR count). The molecule has 5 nitrogen and oxygen atoms in total. The minimum absolute atomic E-state index is 0.117. The molecule has 7 heteroatoms. The van der Waals surface area contributed by atoms with Crippen LogP contribution in [0.25, 0.3) is 0 Å². The molecule has 0 aliphatic carbocycles. The summed E-state index contributed by atoms with van der Waals surface area (Å²) >= 11 is 12.1. The first-order chi connectivity index (χ1) is 14.4. The van der Waals surface area contributed by atoms with E-state index in [4.69, 9.17) is 27.9 Å². The highest BCUT2D eigenvalue weighted by molar-refractivity contribution is 6.31. The van der Waals surface area contributed by atoms with E-state index in [1.54, 1.807) is 42.2 Å². The molecule has 0 aromatic heterocycles. The number of halogens is 2. The van der Waals surface area contributed by atoms with Gasteiger partial charge in [0.1, 0.15) is 11.8 Å². The Labute approximate surface area is 188 Å². The van der Waals surface area contributed by atoms with Crippen LogP contribution in [-0.4, -0.2) is 35.9 Å². The highest BCUT2D eigenvalue weighted by Crippen LogP contribution is 2.20. The molecule has 0 aliphatic heterocycles. The van der Waals surface area contributed by atoms with Crippen LogP contribution in [-0.2, 0) is 16.1 Å². The molecule has 2 aromatic rings. The minimum Gasteiger partial charge on any atom is -0.494 e. The van der Waals surface area contributed by atoms with Gasteiger partial charge in [-0.05, 0) is 55.7 Å². The molecule has 0 saturated carbocycles. The summed E-state index contributed by atoms with van der Waals surface area (Å²) in [5.41, 5.74) is 0.806. The molecular formula is C23H28Cl2N2O3. The van der Waals surface area contributed by atoms with Crippen molar-refractivity contribution in [2.24, 2.45) is 0 Å². The van der Waals surface area contributed by atoms with Gasteiger partial charge in [-0.3, -0.25) is 9.59 Å². The van der Waals surface area contributed by atoms with Crippen molar-refractivity contribution in [1.82, 2.24) is 10.2 Å². The van der Waals surface area contributed by atoms with Gasteiger partial charge in [0.15, 0.2) is 0 Å². The van der Waals surface area contributed by atoms with Crippen LogP contribution in [0.15, 0.2) is 48.5 Å². The summed E-state index contributed by atoms with van der Waals surface area (Å²) in [5, 5.41) is 4.07. The lowest BCUT2D eigenvalue weighted by Crippen LogP contribution is -2.47. The summed E-state index contributed by atoms with van der Waals surface area (Å²) in [6.45, 7) is 4.97. The predicted octanol–water partition coefficient (Wildman–Crippen LogP) is 5.10. The first-order valence-corrected chi connectivity index (χ1v) is 10.9. The van der Waals surface area contributed by atoms with Gasteiger partial charge in [-0.2, -0.15) is 0 Å². The van der Waals surface area contributed by atoms with Gasteiger partial charge in [-0.25, -0.2) is 0 Å². The van der Waals surface area contributed by atoms with E-state index in [0.717, 1.165) is 12.0 Å². The first kappa shape index (κ1) is 24.0. The SMILES string of the molecule is CCCNC(=O)C(C)N(Cc1ccccc1Cl)C(=O)CCCOc1ccc(Cl)cc1. The van der Waals surface area contributed by atoms with Crippen molar-refractivity contribution < 1.29 is 14.3 Å². The smallest absolute Gasteiger partial charge is 0.242 e. The Morgan fingerprint density at radius 3 is 2.47 bits per heavy atom. The third-order valence-corrected chi connectivity index (χ3v) is 5.25. The zero-order valence-electron chi connectivity index (χ0n) is 17.4. The number of hydrogen-bond donors (Lipinski definition) is 1. The molecule has 1 unspecified atom stereocenters. The van der Waals surface area contributed by atoms with Crippen LogP contribution < -0.4 is 10.1 Å². The summed E-state index contributed by atoms with van der Waals surface area (Å²) in [6.07, 6.45) is 1.63. The Bertz CT molecular complexity index is 827. The van der Waals surface area contributed by atoms with E-state index < -0.39 is 6.04 Å². The molecule has 0 aliphatic rings. The molecule has 162 valence electrons. The Kier molecular flexibility index (Phi) is 9.98. The lowest BCUT2D eigenvalue weighted by atomic mass is 10.1. The van der Waals surface area contributed by atoms with Crippen molar-refractivity contribution in [3.05, 3.63) is 64.1 Å². The maximum absolute atomic E-state index is 13.0. The number of rotatable bonds is 11. The lowest BCUT2D eigenvalue weighted by Gasteiger charge is -2.29. The van der Waals surface area contributed by atoms with E-state index in [1.807, 2.05) is 25.1 Å². The normalized spacial score (nSPS) is 11.6. The van der Waals surface area contributed by atoms with Crippen LogP contribution in [0.1, 0.15) is 38.7 Å².